The van der Waals surface area contributed by atoms with Gasteiger partial charge in [0.05, 0.1) is 24.7 Å². The number of fused-ring (bicyclic) bond motifs is 1. The lowest BCUT2D eigenvalue weighted by Crippen LogP contribution is -2.14. The molecule has 34 heavy (non-hydrogen) atoms. The predicted octanol–water partition coefficient (Wildman–Crippen LogP) is 5.36. The van der Waals surface area contributed by atoms with Crippen molar-refractivity contribution in [3.8, 4) is 28.1 Å². The molecule has 0 unspecified atom stereocenters. The zero-order chi connectivity index (χ0) is 24.1. The number of carbonyl (C=O) groups is 1. The Morgan fingerprint density at radius 1 is 1.15 bits per heavy atom. The molecule has 8 nitrogen and oxygen atoms in total. The number of nitrogens with zero attached hydrogens (tertiary/aromatic N) is 3. The Labute approximate surface area is 201 Å². The van der Waals surface area contributed by atoms with Crippen LogP contribution >= 0.6 is 11.3 Å². The van der Waals surface area contributed by atoms with Gasteiger partial charge < -0.3 is 23.9 Å². The number of thiazole rings is 1. The third kappa shape index (κ3) is 5.31. The van der Waals surface area contributed by atoms with Crippen LogP contribution in [0.3, 0.4) is 0 Å². The average molecular weight is 482 g/mol. The minimum atomic E-state index is -0.865. The van der Waals surface area contributed by atoms with E-state index in [2.05, 4.69) is 9.97 Å². The molecule has 1 aromatic carbocycles. The summed E-state index contributed by atoms with van der Waals surface area (Å²) in [4.78, 5) is 21.2. The van der Waals surface area contributed by atoms with Gasteiger partial charge in [-0.15, -0.1) is 11.3 Å². The maximum Gasteiger partial charge on any atom is 0.326 e. The van der Waals surface area contributed by atoms with Crippen molar-refractivity contribution in [2.75, 3.05) is 19.8 Å². The molecule has 0 bridgehead atoms. The van der Waals surface area contributed by atoms with Crippen LogP contribution in [0.4, 0.5) is 0 Å². The van der Waals surface area contributed by atoms with E-state index in [-0.39, 0.29) is 0 Å². The molecule has 0 amide bonds. The molecule has 0 saturated heterocycles. The van der Waals surface area contributed by atoms with Crippen LogP contribution in [-0.4, -0.2) is 45.4 Å². The second-order valence-electron chi connectivity index (χ2n) is 7.71. The molecule has 0 fully saturated rings. The quantitative estimate of drug-likeness (QED) is 0.288. The Kier molecular flexibility index (Phi) is 7.32. The van der Waals surface area contributed by atoms with Gasteiger partial charge in [-0.25, -0.2) is 14.8 Å². The van der Waals surface area contributed by atoms with Gasteiger partial charge in [0.25, 0.3) is 0 Å². The molecule has 3 aromatic heterocycles. The third-order valence-corrected chi connectivity index (χ3v) is 6.29. The number of aromatic nitrogens is 3. The number of aryl methyl sites for hydroxylation is 1. The molecular weight excluding hydrogens is 454 g/mol. The Hall–Kier alpha value is -3.59. The summed E-state index contributed by atoms with van der Waals surface area (Å²) in [6.07, 6.45) is 4.24. The second kappa shape index (κ2) is 10.6. The first-order valence-corrected chi connectivity index (χ1v) is 11.9. The fourth-order valence-electron chi connectivity index (χ4n) is 3.48. The molecule has 4 aromatic rings. The fourth-order valence-corrected chi connectivity index (χ4v) is 4.33. The average Bonchev–Trinajstić information content (AvgIpc) is 3.42. The van der Waals surface area contributed by atoms with Crippen molar-refractivity contribution in [1.82, 2.24) is 14.5 Å². The lowest BCUT2D eigenvalue weighted by molar-refractivity contribution is -0.140. The molecule has 1 atom stereocenters. The van der Waals surface area contributed by atoms with Gasteiger partial charge in [-0.2, -0.15) is 0 Å². The SMILES string of the molecule is CCOc1nc(-c2ccc(OCCCOc3ccc4c(ccn4[C@@H](C)C(=O)O)c3)nc2)sc1C. The lowest BCUT2D eigenvalue weighted by atomic mass is 10.2. The molecule has 0 spiro atoms. The molecule has 3 heterocycles. The number of rotatable bonds is 11. The number of aliphatic carboxylic acids is 1. The highest BCUT2D eigenvalue weighted by Gasteiger charge is 2.15. The van der Waals surface area contributed by atoms with Gasteiger partial charge >= 0.3 is 5.97 Å². The van der Waals surface area contributed by atoms with Crippen LogP contribution in [0, 0.1) is 6.92 Å². The summed E-state index contributed by atoms with van der Waals surface area (Å²) in [7, 11) is 0. The van der Waals surface area contributed by atoms with Gasteiger partial charge in [0.1, 0.15) is 16.8 Å². The van der Waals surface area contributed by atoms with Gasteiger partial charge in [-0.05, 0) is 51.1 Å². The Balaban J connectivity index is 1.25. The first-order valence-electron chi connectivity index (χ1n) is 11.1. The minimum absolute atomic E-state index is 0.478. The van der Waals surface area contributed by atoms with Gasteiger partial charge in [0.2, 0.25) is 11.8 Å². The van der Waals surface area contributed by atoms with Crippen LogP contribution in [0.1, 0.15) is 31.2 Å². The number of pyridine rings is 1. The van der Waals surface area contributed by atoms with Crippen LogP contribution in [0.15, 0.2) is 48.8 Å². The predicted molar refractivity (Wildman–Crippen MR) is 131 cm³/mol. The molecule has 0 aliphatic carbocycles. The van der Waals surface area contributed by atoms with Crippen molar-refractivity contribution < 1.29 is 24.1 Å². The number of carboxylic acids is 1. The van der Waals surface area contributed by atoms with Crippen molar-refractivity contribution >= 4 is 28.2 Å². The van der Waals surface area contributed by atoms with Crippen molar-refractivity contribution in [3.05, 3.63) is 53.7 Å². The van der Waals surface area contributed by atoms with Crippen LogP contribution in [0.5, 0.6) is 17.5 Å². The molecule has 9 heteroatoms. The molecule has 178 valence electrons. The van der Waals surface area contributed by atoms with Crippen molar-refractivity contribution in [2.24, 2.45) is 0 Å². The Morgan fingerprint density at radius 2 is 1.97 bits per heavy atom. The van der Waals surface area contributed by atoms with E-state index in [0.29, 0.717) is 38.0 Å². The van der Waals surface area contributed by atoms with E-state index < -0.39 is 12.0 Å². The highest BCUT2D eigenvalue weighted by Crippen LogP contribution is 2.32. The number of hydrogen-bond acceptors (Lipinski definition) is 7. The van der Waals surface area contributed by atoms with Crippen LogP contribution < -0.4 is 14.2 Å². The van der Waals surface area contributed by atoms with Crippen molar-refractivity contribution in [1.29, 1.82) is 0 Å². The zero-order valence-corrected chi connectivity index (χ0v) is 20.2. The van der Waals surface area contributed by atoms with E-state index in [0.717, 1.165) is 32.1 Å². The minimum Gasteiger partial charge on any atom is -0.493 e. The number of carboxylic acid groups (broad SMARTS) is 1. The van der Waals surface area contributed by atoms with Gasteiger partial charge in [0, 0.05) is 41.3 Å². The van der Waals surface area contributed by atoms with Crippen molar-refractivity contribution in [2.45, 2.75) is 33.2 Å². The van der Waals surface area contributed by atoms with E-state index in [9.17, 15) is 9.90 Å². The molecule has 0 radical (unpaired) electrons. The van der Waals surface area contributed by atoms with Gasteiger partial charge in [-0.1, -0.05) is 0 Å². The molecule has 4 rings (SSSR count). The molecule has 0 aliphatic heterocycles. The number of benzene rings is 1. The summed E-state index contributed by atoms with van der Waals surface area (Å²) in [6, 6.07) is 10.7. The fraction of sp³-hybridized carbons (Fsp3) is 0.320. The summed E-state index contributed by atoms with van der Waals surface area (Å²) in [6.45, 7) is 7.16. The highest BCUT2D eigenvalue weighted by molar-refractivity contribution is 7.15. The monoisotopic (exact) mass is 481 g/mol. The van der Waals surface area contributed by atoms with Crippen LogP contribution in [-0.2, 0) is 4.79 Å². The first kappa shape index (κ1) is 23.6. The van der Waals surface area contributed by atoms with Gasteiger partial charge in [-0.3, -0.25) is 0 Å². The summed E-state index contributed by atoms with van der Waals surface area (Å²) in [5.41, 5.74) is 1.79. The summed E-state index contributed by atoms with van der Waals surface area (Å²) >= 11 is 1.58. The second-order valence-corrected chi connectivity index (χ2v) is 8.91. The smallest absolute Gasteiger partial charge is 0.326 e. The Morgan fingerprint density at radius 3 is 2.71 bits per heavy atom. The third-order valence-electron chi connectivity index (χ3n) is 5.29. The summed E-state index contributed by atoms with van der Waals surface area (Å²) < 4.78 is 18.8. The van der Waals surface area contributed by atoms with E-state index in [4.69, 9.17) is 14.2 Å². The molecule has 1 N–H and O–H groups in total. The lowest BCUT2D eigenvalue weighted by Gasteiger charge is -2.11. The van der Waals surface area contributed by atoms with Crippen molar-refractivity contribution in [3.63, 3.8) is 0 Å². The maximum atomic E-state index is 11.3. The Bertz CT molecular complexity index is 1270. The van der Waals surface area contributed by atoms with E-state index in [1.807, 2.05) is 50.2 Å². The summed E-state index contributed by atoms with van der Waals surface area (Å²) in [5.74, 6) is 1.10. The van der Waals surface area contributed by atoms with E-state index in [1.165, 1.54) is 0 Å². The maximum absolute atomic E-state index is 11.3. The number of hydrogen-bond donors (Lipinski definition) is 1. The van der Waals surface area contributed by atoms with Crippen LogP contribution in [0.25, 0.3) is 21.5 Å². The van der Waals surface area contributed by atoms with Gasteiger partial charge in [0.15, 0.2) is 0 Å². The summed E-state index contributed by atoms with van der Waals surface area (Å²) in [5, 5.41) is 11.1. The normalized spacial score (nSPS) is 12.0. The topological polar surface area (TPSA) is 95.7 Å². The van der Waals surface area contributed by atoms with Crippen LogP contribution in [0.2, 0.25) is 0 Å². The zero-order valence-electron chi connectivity index (χ0n) is 19.4. The number of ether oxygens (including phenoxy) is 3. The first-order chi connectivity index (χ1) is 16.5. The molecule has 0 saturated carbocycles. The highest BCUT2D eigenvalue weighted by atomic mass is 32.1. The standard InChI is InChI=1S/C25H27N3O5S/c1-4-31-23-17(3)34-24(27-23)19-6-9-22(26-15-19)33-13-5-12-32-20-7-8-21-18(14-20)10-11-28(21)16(2)25(29)30/h6-11,14-16H,4-5,12-13H2,1-3H3,(H,29,30)/t16-/m0/s1. The molecular formula is C25H27N3O5S. The van der Waals surface area contributed by atoms with E-state index >= 15 is 0 Å². The largest absolute Gasteiger partial charge is 0.493 e. The van der Waals surface area contributed by atoms with E-state index in [1.54, 1.807) is 35.2 Å². The molecule has 0 aliphatic rings.